The molecule has 2 aliphatic rings. The van der Waals surface area contributed by atoms with Crippen LogP contribution >= 0.6 is 0 Å². The SMILES string of the molecule is COc1ccc(-c2ccc([C@H]3[C@H]4CN(Cc5ccc(F)cc5)CC(=O)N4[C@H]3CO)cc2)cc1. The summed E-state index contributed by atoms with van der Waals surface area (Å²) in [5.41, 5.74) is 4.32. The quantitative estimate of drug-likeness (QED) is 0.628. The van der Waals surface area contributed by atoms with Gasteiger partial charge in [0.15, 0.2) is 0 Å². The van der Waals surface area contributed by atoms with Gasteiger partial charge in [-0.3, -0.25) is 9.69 Å². The predicted molar refractivity (Wildman–Crippen MR) is 124 cm³/mol. The lowest BCUT2D eigenvalue weighted by Crippen LogP contribution is -2.72. The average molecular weight is 447 g/mol. The topological polar surface area (TPSA) is 53.0 Å². The molecule has 33 heavy (non-hydrogen) atoms. The summed E-state index contributed by atoms with van der Waals surface area (Å²) in [4.78, 5) is 16.8. The Morgan fingerprint density at radius 1 is 0.970 bits per heavy atom. The van der Waals surface area contributed by atoms with E-state index in [4.69, 9.17) is 4.74 Å². The number of carbonyl (C=O) groups excluding carboxylic acids is 1. The highest BCUT2D eigenvalue weighted by atomic mass is 19.1. The molecule has 2 aliphatic heterocycles. The van der Waals surface area contributed by atoms with Crippen LogP contribution < -0.4 is 4.74 Å². The van der Waals surface area contributed by atoms with E-state index >= 15 is 0 Å². The van der Waals surface area contributed by atoms with E-state index in [-0.39, 0.29) is 36.3 Å². The van der Waals surface area contributed by atoms with E-state index in [9.17, 15) is 14.3 Å². The molecule has 0 spiro atoms. The molecule has 0 bridgehead atoms. The molecule has 3 atom stereocenters. The Hall–Kier alpha value is -3.22. The van der Waals surface area contributed by atoms with E-state index in [2.05, 4.69) is 29.2 Å². The van der Waals surface area contributed by atoms with Crippen LogP contribution in [0.15, 0.2) is 72.8 Å². The number of carbonyl (C=O) groups is 1. The molecule has 0 unspecified atom stereocenters. The van der Waals surface area contributed by atoms with Gasteiger partial charge in [-0.25, -0.2) is 4.39 Å². The summed E-state index contributed by atoms with van der Waals surface area (Å²) in [6.07, 6.45) is 0. The summed E-state index contributed by atoms with van der Waals surface area (Å²) < 4.78 is 18.5. The van der Waals surface area contributed by atoms with Crippen molar-refractivity contribution in [2.24, 2.45) is 0 Å². The van der Waals surface area contributed by atoms with Gasteiger partial charge in [-0.05, 0) is 46.5 Å². The number of nitrogens with zero attached hydrogens (tertiary/aromatic N) is 2. The number of methoxy groups -OCH3 is 1. The zero-order valence-corrected chi connectivity index (χ0v) is 18.5. The van der Waals surface area contributed by atoms with Gasteiger partial charge in [0.25, 0.3) is 0 Å². The van der Waals surface area contributed by atoms with Gasteiger partial charge >= 0.3 is 0 Å². The molecule has 1 amide bonds. The van der Waals surface area contributed by atoms with Crippen molar-refractivity contribution in [3.05, 3.63) is 89.7 Å². The van der Waals surface area contributed by atoms with Gasteiger partial charge in [0, 0.05) is 19.0 Å². The molecule has 2 fully saturated rings. The minimum absolute atomic E-state index is 0.0238. The second-order valence-corrected chi connectivity index (χ2v) is 8.79. The molecule has 3 aromatic rings. The van der Waals surface area contributed by atoms with Crippen molar-refractivity contribution in [3.63, 3.8) is 0 Å². The number of benzene rings is 3. The Labute approximate surface area is 193 Å². The van der Waals surface area contributed by atoms with Crippen molar-refractivity contribution in [2.45, 2.75) is 24.5 Å². The van der Waals surface area contributed by atoms with Crippen molar-refractivity contribution in [3.8, 4) is 16.9 Å². The number of fused-ring (bicyclic) bond motifs is 1. The first-order valence-corrected chi connectivity index (χ1v) is 11.2. The molecule has 6 heteroatoms. The zero-order chi connectivity index (χ0) is 22.9. The van der Waals surface area contributed by atoms with E-state index in [0.29, 0.717) is 13.1 Å². The number of hydrogen-bond acceptors (Lipinski definition) is 4. The van der Waals surface area contributed by atoms with Crippen molar-refractivity contribution in [1.29, 1.82) is 0 Å². The third kappa shape index (κ3) is 4.12. The number of halogens is 1. The summed E-state index contributed by atoms with van der Waals surface area (Å²) >= 11 is 0. The molecule has 0 aliphatic carbocycles. The van der Waals surface area contributed by atoms with Crippen molar-refractivity contribution in [1.82, 2.24) is 9.80 Å². The van der Waals surface area contributed by atoms with Gasteiger partial charge in [0.05, 0.1) is 32.3 Å². The number of aliphatic hydroxyl groups excluding tert-OH is 1. The fourth-order valence-electron chi connectivity index (χ4n) is 5.22. The van der Waals surface area contributed by atoms with E-state index < -0.39 is 0 Å². The molecule has 170 valence electrons. The Morgan fingerprint density at radius 2 is 1.61 bits per heavy atom. The number of rotatable bonds is 6. The van der Waals surface area contributed by atoms with Gasteiger partial charge in [-0.2, -0.15) is 0 Å². The van der Waals surface area contributed by atoms with Gasteiger partial charge in [-0.1, -0.05) is 48.5 Å². The number of ether oxygens (including phenoxy) is 1. The molecular weight excluding hydrogens is 419 g/mol. The maximum Gasteiger partial charge on any atom is 0.237 e. The maximum absolute atomic E-state index is 13.2. The number of aliphatic hydroxyl groups is 1. The minimum atomic E-state index is -0.262. The third-order valence-corrected chi connectivity index (χ3v) is 6.86. The standard InChI is InChI=1S/C27H27FN2O3/c1-33-23-12-8-20(9-13-23)19-4-6-21(7-5-19)27-24-15-29(14-18-2-10-22(28)11-3-18)16-26(32)30(24)25(27)17-31/h2-13,24-25,27,31H,14-17H2,1H3/t24-,25+,27+/m1/s1. The summed E-state index contributed by atoms with van der Waals surface area (Å²) in [6.45, 7) is 1.59. The predicted octanol–water partition coefficient (Wildman–Crippen LogP) is 3.67. The Kier molecular flexibility index (Phi) is 5.87. The average Bonchev–Trinajstić information content (AvgIpc) is 2.83. The van der Waals surface area contributed by atoms with Crippen LogP contribution in [0.3, 0.4) is 0 Å². The normalized spacial score (nSPS) is 22.6. The first-order chi connectivity index (χ1) is 16.1. The first-order valence-electron chi connectivity index (χ1n) is 11.2. The van der Waals surface area contributed by atoms with Crippen molar-refractivity contribution < 1.29 is 19.0 Å². The fourth-order valence-corrected chi connectivity index (χ4v) is 5.22. The lowest BCUT2D eigenvalue weighted by molar-refractivity contribution is -0.162. The Bertz CT molecular complexity index is 1120. The molecule has 0 saturated carbocycles. The Morgan fingerprint density at radius 3 is 2.21 bits per heavy atom. The summed E-state index contributed by atoms with van der Waals surface area (Å²) in [7, 11) is 1.65. The van der Waals surface area contributed by atoms with Crippen LogP contribution in [0.25, 0.3) is 11.1 Å². The van der Waals surface area contributed by atoms with Crippen LogP contribution in [0.1, 0.15) is 17.0 Å². The highest BCUT2D eigenvalue weighted by Crippen LogP contribution is 2.43. The summed E-state index contributed by atoms with van der Waals surface area (Å²) in [6, 6.07) is 22.6. The van der Waals surface area contributed by atoms with Gasteiger partial charge < -0.3 is 14.7 Å². The highest BCUT2D eigenvalue weighted by molar-refractivity contribution is 5.81. The van der Waals surface area contributed by atoms with Crippen LogP contribution in [0.5, 0.6) is 5.75 Å². The molecule has 3 aromatic carbocycles. The van der Waals surface area contributed by atoms with Crippen LogP contribution in [0, 0.1) is 5.82 Å². The van der Waals surface area contributed by atoms with E-state index in [1.54, 1.807) is 19.2 Å². The van der Waals surface area contributed by atoms with Crippen LogP contribution in [-0.4, -0.2) is 59.7 Å². The molecule has 2 saturated heterocycles. The van der Waals surface area contributed by atoms with Gasteiger partial charge in [0.1, 0.15) is 11.6 Å². The summed E-state index contributed by atoms with van der Waals surface area (Å²) in [5, 5.41) is 10.0. The van der Waals surface area contributed by atoms with Crippen LogP contribution in [0.2, 0.25) is 0 Å². The number of amides is 1. The van der Waals surface area contributed by atoms with Crippen molar-refractivity contribution >= 4 is 5.91 Å². The Balaban J connectivity index is 1.33. The van der Waals surface area contributed by atoms with Gasteiger partial charge in [-0.15, -0.1) is 0 Å². The second kappa shape index (κ2) is 8.96. The maximum atomic E-state index is 13.2. The smallest absolute Gasteiger partial charge is 0.237 e. The largest absolute Gasteiger partial charge is 0.497 e. The molecule has 0 radical (unpaired) electrons. The monoisotopic (exact) mass is 446 g/mol. The fraction of sp³-hybridized carbons (Fsp3) is 0.296. The molecular formula is C27H27FN2O3. The van der Waals surface area contributed by atoms with E-state index in [0.717, 1.165) is 34.5 Å². The number of hydrogen-bond donors (Lipinski definition) is 1. The zero-order valence-electron chi connectivity index (χ0n) is 18.5. The molecule has 5 rings (SSSR count). The lowest BCUT2D eigenvalue weighted by atomic mass is 9.73. The van der Waals surface area contributed by atoms with E-state index in [1.807, 2.05) is 29.2 Å². The minimum Gasteiger partial charge on any atom is -0.497 e. The highest BCUT2D eigenvalue weighted by Gasteiger charge is 2.53. The van der Waals surface area contributed by atoms with Gasteiger partial charge in [0.2, 0.25) is 5.91 Å². The third-order valence-electron chi connectivity index (χ3n) is 6.86. The molecule has 2 heterocycles. The molecule has 5 nitrogen and oxygen atoms in total. The second-order valence-electron chi connectivity index (χ2n) is 8.79. The van der Waals surface area contributed by atoms with Crippen LogP contribution in [-0.2, 0) is 11.3 Å². The first kappa shape index (κ1) is 21.6. The summed E-state index contributed by atoms with van der Waals surface area (Å²) in [5.74, 6) is 0.684. The number of piperazine rings is 1. The molecule has 1 N–H and O–H groups in total. The van der Waals surface area contributed by atoms with Crippen molar-refractivity contribution in [2.75, 3.05) is 26.8 Å². The lowest BCUT2D eigenvalue weighted by Gasteiger charge is -2.59. The molecule has 0 aromatic heterocycles. The van der Waals surface area contributed by atoms with Crippen LogP contribution in [0.4, 0.5) is 4.39 Å². The van der Waals surface area contributed by atoms with E-state index in [1.165, 1.54) is 12.1 Å².